The minimum atomic E-state index is -0.363. The molecule has 0 bridgehead atoms. The molecular weight excluding hydrogens is 328 g/mol. The summed E-state index contributed by atoms with van der Waals surface area (Å²) in [6.45, 7) is 0. The van der Waals surface area contributed by atoms with E-state index in [1.54, 1.807) is 36.4 Å². The van der Waals surface area contributed by atoms with Crippen molar-refractivity contribution >= 4 is 34.5 Å². The van der Waals surface area contributed by atoms with E-state index in [9.17, 15) is 9.59 Å². The van der Waals surface area contributed by atoms with Gasteiger partial charge in [0, 0.05) is 11.8 Å². The highest BCUT2D eigenvalue weighted by Crippen LogP contribution is 2.29. The molecule has 0 fully saturated rings. The number of methoxy groups -OCH3 is 1. The summed E-state index contributed by atoms with van der Waals surface area (Å²) in [4.78, 5) is 24.7. The quantitative estimate of drug-likeness (QED) is 0.738. The third kappa shape index (κ3) is 3.47. The number of rotatable bonds is 5. The fourth-order valence-corrected chi connectivity index (χ4v) is 2.68. The summed E-state index contributed by atoms with van der Waals surface area (Å²) in [5.74, 6) is 0.0780. The normalized spacial score (nSPS) is 10.2. The molecule has 122 valence electrons. The van der Waals surface area contributed by atoms with Gasteiger partial charge >= 0.3 is 0 Å². The Labute approximate surface area is 142 Å². The Morgan fingerprint density at radius 1 is 1.08 bits per heavy atom. The van der Waals surface area contributed by atoms with Crippen molar-refractivity contribution < 1.29 is 18.7 Å². The molecular formula is C17H14N2O4S. The van der Waals surface area contributed by atoms with Crippen LogP contribution in [0.3, 0.4) is 0 Å². The Morgan fingerprint density at radius 2 is 1.96 bits per heavy atom. The van der Waals surface area contributed by atoms with Crippen molar-refractivity contribution in [3.8, 4) is 5.75 Å². The SMILES string of the molecule is COc1cc(NC(=O)c2ccco2)ccc1NC(=O)c1cccs1. The molecule has 24 heavy (non-hydrogen) atoms. The third-order valence-corrected chi connectivity index (χ3v) is 4.07. The molecule has 0 atom stereocenters. The number of ether oxygens (including phenoxy) is 1. The van der Waals surface area contributed by atoms with Crippen molar-refractivity contribution in [2.45, 2.75) is 0 Å². The molecule has 2 amide bonds. The summed E-state index contributed by atoms with van der Waals surface area (Å²) in [5, 5.41) is 7.32. The predicted octanol–water partition coefficient (Wildman–Crippen LogP) is 3.85. The first-order valence-electron chi connectivity index (χ1n) is 7.05. The lowest BCUT2D eigenvalue weighted by Gasteiger charge is -2.12. The summed E-state index contributed by atoms with van der Waals surface area (Å²) in [6, 6.07) is 11.7. The molecule has 6 nitrogen and oxygen atoms in total. The van der Waals surface area contributed by atoms with Crippen LogP contribution in [-0.4, -0.2) is 18.9 Å². The Morgan fingerprint density at radius 3 is 2.62 bits per heavy atom. The van der Waals surface area contributed by atoms with Crippen LogP contribution in [0.15, 0.2) is 58.5 Å². The molecule has 1 aromatic carbocycles. The maximum absolute atomic E-state index is 12.1. The summed E-state index contributed by atoms with van der Waals surface area (Å²) in [5.41, 5.74) is 1.05. The van der Waals surface area contributed by atoms with Gasteiger partial charge in [-0.05, 0) is 35.7 Å². The van der Waals surface area contributed by atoms with Crippen molar-refractivity contribution in [1.82, 2.24) is 0 Å². The van der Waals surface area contributed by atoms with E-state index in [1.165, 1.54) is 24.7 Å². The molecule has 2 N–H and O–H groups in total. The molecule has 0 aliphatic heterocycles. The van der Waals surface area contributed by atoms with Gasteiger partial charge in [0.1, 0.15) is 5.75 Å². The second-order valence-corrected chi connectivity index (χ2v) is 5.73. The number of thiophene rings is 1. The van der Waals surface area contributed by atoms with Crippen LogP contribution >= 0.6 is 11.3 Å². The molecule has 0 spiro atoms. The van der Waals surface area contributed by atoms with Gasteiger partial charge in [-0.3, -0.25) is 9.59 Å². The number of furan rings is 1. The minimum absolute atomic E-state index is 0.212. The summed E-state index contributed by atoms with van der Waals surface area (Å²) in [7, 11) is 1.49. The molecule has 0 saturated carbocycles. The smallest absolute Gasteiger partial charge is 0.291 e. The lowest BCUT2D eigenvalue weighted by molar-refractivity contribution is 0.0994. The first-order valence-corrected chi connectivity index (χ1v) is 7.93. The van der Waals surface area contributed by atoms with Gasteiger partial charge in [0.05, 0.1) is 23.9 Å². The molecule has 2 heterocycles. The number of nitrogens with one attached hydrogen (secondary N) is 2. The van der Waals surface area contributed by atoms with E-state index in [1.807, 2.05) is 11.4 Å². The van der Waals surface area contributed by atoms with Crippen molar-refractivity contribution in [3.05, 3.63) is 64.7 Å². The molecule has 0 radical (unpaired) electrons. The zero-order valence-corrected chi connectivity index (χ0v) is 13.6. The number of carbonyl (C=O) groups is 2. The van der Waals surface area contributed by atoms with E-state index < -0.39 is 0 Å². The average Bonchev–Trinajstić information content (AvgIpc) is 3.29. The second-order valence-electron chi connectivity index (χ2n) is 4.78. The molecule has 2 aromatic heterocycles. The van der Waals surface area contributed by atoms with Crippen LogP contribution in [0.5, 0.6) is 5.75 Å². The number of carbonyl (C=O) groups excluding carboxylic acids is 2. The van der Waals surface area contributed by atoms with Crippen LogP contribution in [0.1, 0.15) is 20.2 Å². The molecule has 0 aliphatic rings. The third-order valence-electron chi connectivity index (χ3n) is 3.20. The van der Waals surface area contributed by atoms with Gasteiger partial charge in [-0.25, -0.2) is 0 Å². The number of hydrogen-bond donors (Lipinski definition) is 2. The van der Waals surface area contributed by atoms with E-state index in [2.05, 4.69) is 10.6 Å². The van der Waals surface area contributed by atoms with E-state index >= 15 is 0 Å². The monoisotopic (exact) mass is 342 g/mol. The Kier molecular flexibility index (Phi) is 4.62. The van der Waals surface area contributed by atoms with Gasteiger partial charge in [-0.1, -0.05) is 6.07 Å². The predicted molar refractivity (Wildman–Crippen MR) is 91.9 cm³/mol. The lowest BCUT2D eigenvalue weighted by atomic mass is 10.2. The van der Waals surface area contributed by atoms with E-state index in [0.29, 0.717) is 22.0 Å². The number of benzene rings is 1. The average molecular weight is 342 g/mol. The summed E-state index contributed by atoms with van der Waals surface area (Å²) >= 11 is 1.35. The van der Waals surface area contributed by atoms with Crippen LogP contribution in [0.25, 0.3) is 0 Å². The molecule has 0 aliphatic carbocycles. The fraction of sp³-hybridized carbons (Fsp3) is 0.0588. The highest BCUT2D eigenvalue weighted by atomic mass is 32.1. The minimum Gasteiger partial charge on any atom is -0.494 e. The van der Waals surface area contributed by atoms with Gasteiger partial charge in [-0.15, -0.1) is 11.3 Å². The number of anilines is 2. The van der Waals surface area contributed by atoms with Crippen LogP contribution in [0, 0.1) is 0 Å². The Hall–Kier alpha value is -3.06. The zero-order valence-electron chi connectivity index (χ0n) is 12.7. The van der Waals surface area contributed by atoms with Crippen LogP contribution in [0.2, 0.25) is 0 Å². The van der Waals surface area contributed by atoms with Crippen LogP contribution in [-0.2, 0) is 0 Å². The maximum atomic E-state index is 12.1. The fourth-order valence-electron chi connectivity index (χ4n) is 2.06. The Balaban J connectivity index is 1.75. The first kappa shape index (κ1) is 15.8. The van der Waals surface area contributed by atoms with Crippen LogP contribution < -0.4 is 15.4 Å². The van der Waals surface area contributed by atoms with Gasteiger partial charge in [-0.2, -0.15) is 0 Å². The second kappa shape index (κ2) is 7.01. The molecule has 0 saturated heterocycles. The molecule has 3 rings (SSSR count). The van der Waals surface area contributed by atoms with E-state index in [4.69, 9.17) is 9.15 Å². The number of hydrogen-bond acceptors (Lipinski definition) is 5. The molecule has 0 unspecified atom stereocenters. The first-order chi connectivity index (χ1) is 11.7. The van der Waals surface area contributed by atoms with Gasteiger partial charge in [0.15, 0.2) is 5.76 Å². The number of amides is 2. The highest BCUT2D eigenvalue weighted by Gasteiger charge is 2.13. The van der Waals surface area contributed by atoms with Gasteiger partial charge in [0.25, 0.3) is 11.8 Å². The Bertz CT molecular complexity index is 842. The van der Waals surface area contributed by atoms with Crippen molar-refractivity contribution in [2.24, 2.45) is 0 Å². The van der Waals surface area contributed by atoms with Gasteiger partial charge < -0.3 is 19.8 Å². The summed E-state index contributed by atoms with van der Waals surface area (Å²) < 4.78 is 10.3. The van der Waals surface area contributed by atoms with Crippen molar-refractivity contribution in [2.75, 3.05) is 17.7 Å². The molecule has 7 heteroatoms. The van der Waals surface area contributed by atoms with E-state index in [0.717, 1.165) is 0 Å². The highest BCUT2D eigenvalue weighted by molar-refractivity contribution is 7.12. The van der Waals surface area contributed by atoms with Crippen molar-refractivity contribution in [1.29, 1.82) is 0 Å². The van der Waals surface area contributed by atoms with Gasteiger partial charge in [0.2, 0.25) is 0 Å². The lowest BCUT2D eigenvalue weighted by Crippen LogP contribution is -2.13. The topological polar surface area (TPSA) is 80.6 Å². The largest absolute Gasteiger partial charge is 0.494 e. The van der Waals surface area contributed by atoms with E-state index in [-0.39, 0.29) is 17.6 Å². The van der Waals surface area contributed by atoms with Crippen molar-refractivity contribution in [3.63, 3.8) is 0 Å². The standard InChI is InChI=1S/C17H14N2O4S/c1-22-14-10-11(18-16(20)13-4-2-8-23-13)6-7-12(14)19-17(21)15-5-3-9-24-15/h2-10H,1H3,(H,18,20)(H,19,21). The molecule has 3 aromatic rings. The van der Waals surface area contributed by atoms with Crippen LogP contribution in [0.4, 0.5) is 11.4 Å². The zero-order chi connectivity index (χ0) is 16.9. The maximum Gasteiger partial charge on any atom is 0.291 e. The summed E-state index contributed by atoms with van der Waals surface area (Å²) in [6.07, 6.45) is 1.43.